The summed E-state index contributed by atoms with van der Waals surface area (Å²) in [6.07, 6.45) is 0. The third kappa shape index (κ3) is 3.83. The van der Waals surface area contributed by atoms with Crippen LogP contribution in [0.25, 0.3) is 0 Å². The second-order valence-electron chi connectivity index (χ2n) is 6.18. The largest absolute Gasteiger partial charge is 0.543 e. The molecule has 0 bridgehead atoms. The van der Waals surface area contributed by atoms with Gasteiger partial charge in [0.15, 0.2) is 5.78 Å². The number of carbonyl (C=O) groups is 1. The Hall–Kier alpha value is -0.393. The van der Waals surface area contributed by atoms with Gasteiger partial charge in [-0.15, -0.1) is 11.6 Å². The van der Waals surface area contributed by atoms with E-state index in [-0.39, 0.29) is 26.9 Å². The molecule has 0 saturated carbocycles. The first-order chi connectivity index (χ1) is 8.99. The van der Waals surface area contributed by atoms with Crippen LogP contribution in [0.2, 0.25) is 18.1 Å². The van der Waals surface area contributed by atoms with Gasteiger partial charge in [-0.05, 0) is 40.1 Å². The van der Waals surface area contributed by atoms with Crippen molar-refractivity contribution in [3.05, 3.63) is 28.0 Å². The average molecular weight is 382 g/mol. The van der Waals surface area contributed by atoms with Crippen LogP contribution in [0, 0.1) is 5.82 Å². The van der Waals surface area contributed by atoms with E-state index in [4.69, 9.17) is 16.0 Å². The van der Waals surface area contributed by atoms with Crippen LogP contribution in [-0.2, 0) is 0 Å². The predicted molar refractivity (Wildman–Crippen MR) is 87.0 cm³/mol. The van der Waals surface area contributed by atoms with Crippen LogP contribution in [0.15, 0.2) is 16.6 Å². The Balaban J connectivity index is 3.30. The molecule has 1 rings (SSSR count). The lowest BCUT2D eigenvalue weighted by Crippen LogP contribution is -2.44. The first-order valence-electron chi connectivity index (χ1n) is 6.27. The van der Waals surface area contributed by atoms with Gasteiger partial charge >= 0.3 is 0 Å². The van der Waals surface area contributed by atoms with Crippen LogP contribution in [0.5, 0.6) is 5.75 Å². The van der Waals surface area contributed by atoms with Gasteiger partial charge in [0.2, 0.25) is 0 Å². The highest BCUT2D eigenvalue weighted by Crippen LogP contribution is 2.39. The molecule has 20 heavy (non-hydrogen) atoms. The number of benzene rings is 1. The first-order valence-corrected chi connectivity index (χ1v) is 10.5. The van der Waals surface area contributed by atoms with E-state index in [1.54, 1.807) is 0 Å². The van der Waals surface area contributed by atoms with Crippen molar-refractivity contribution in [3.63, 3.8) is 0 Å². The van der Waals surface area contributed by atoms with Gasteiger partial charge in [0.25, 0.3) is 8.32 Å². The summed E-state index contributed by atoms with van der Waals surface area (Å²) in [5, 5.41) is -0.0438. The zero-order chi connectivity index (χ0) is 15.7. The van der Waals surface area contributed by atoms with Crippen LogP contribution in [-0.4, -0.2) is 20.0 Å². The van der Waals surface area contributed by atoms with Crippen LogP contribution in [0.4, 0.5) is 4.39 Å². The van der Waals surface area contributed by atoms with Crippen LogP contribution in [0.3, 0.4) is 0 Å². The molecule has 0 amide bonds. The normalized spacial score (nSPS) is 12.4. The van der Waals surface area contributed by atoms with Gasteiger partial charge in [0, 0.05) is 6.07 Å². The second kappa shape index (κ2) is 6.16. The molecule has 0 radical (unpaired) electrons. The van der Waals surface area contributed by atoms with Crippen molar-refractivity contribution in [1.29, 1.82) is 0 Å². The predicted octanol–water partition coefficient (Wildman–Crippen LogP) is 5.39. The topological polar surface area (TPSA) is 26.3 Å². The van der Waals surface area contributed by atoms with Gasteiger partial charge in [-0.25, -0.2) is 4.39 Å². The van der Waals surface area contributed by atoms with Crippen LogP contribution < -0.4 is 4.43 Å². The Kier molecular flexibility index (Phi) is 5.44. The van der Waals surface area contributed by atoms with Crippen molar-refractivity contribution in [1.82, 2.24) is 0 Å². The molecule has 0 atom stereocenters. The number of rotatable bonds is 4. The lowest BCUT2D eigenvalue weighted by Gasteiger charge is -2.37. The quantitative estimate of drug-likeness (QED) is 0.397. The summed E-state index contributed by atoms with van der Waals surface area (Å²) in [6.45, 7) is 10.3. The maximum absolute atomic E-state index is 13.7. The Morgan fingerprint density at radius 1 is 1.40 bits per heavy atom. The summed E-state index contributed by atoms with van der Waals surface area (Å²) in [6, 6.07) is 2.69. The van der Waals surface area contributed by atoms with E-state index in [2.05, 4.69) is 36.7 Å². The molecule has 112 valence electrons. The fourth-order valence-corrected chi connectivity index (χ4v) is 2.84. The van der Waals surface area contributed by atoms with Gasteiger partial charge in [0.05, 0.1) is 15.9 Å². The highest BCUT2D eigenvalue weighted by Gasteiger charge is 2.39. The third-order valence-corrected chi connectivity index (χ3v) is 8.81. The van der Waals surface area contributed by atoms with Crippen LogP contribution in [0.1, 0.15) is 31.1 Å². The first kappa shape index (κ1) is 17.7. The molecular weight excluding hydrogens is 363 g/mol. The van der Waals surface area contributed by atoms with Crippen molar-refractivity contribution in [2.75, 3.05) is 5.88 Å². The molecule has 0 aromatic heterocycles. The van der Waals surface area contributed by atoms with E-state index in [0.717, 1.165) is 0 Å². The van der Waals surface area contributed by atoms with Gasteiger partial charge in [-0.3, -0.25) is 4.79 Å². The molecule has 0 N–H and O–H groups in total. The molecule has 0 saturated heterocycles. The summed E-state index contributed by atoms with van der Waals surface area (Å²) in [4.78, 5) is 11.9. The van der Waals surface area contributed by atoms with E-state index in [9.17, 15) is 9.18 Å². The lowest BCUT2D eigenvalue weighted by molar-refractivity contribution is 0.101. The number of halogens is 3. The summed E-state index contributed by atoms with van der Waals surface area (Å²) >= 11 is 8.69. The molecule has 0 unspecified atom stereocenters. The van der Waals surface area contributed by atoms with Crippen molar-refractivity contribution in [2.24, 2.45) is 0 Å². The van der Waals surface area contributed by atoms with Gasteiger partial charge in [0.1, 0.15) is 11.6 Å². The Morgan fingerprint density at radius 3 is 2.40 bits per heavy atom. The average Bonchev–Trinajstić information content (AvgIpc) is 2.30. The maximum Gasteiger partial charge on any atom is 0.250 e. The molecule has 1 aromatic carbocycles. The molecule has 0 heterocycles. The highest BCUT2D eigenvalue weighted by atomic mass is 79.9. The zero-order valence-electron chi connectivity index (χ0n) is 12.3. The second-order valence-corrected chi connectivity index (χ2v) is 12.0. The maximum atomic E-state index is 13.7. The van der Waals surface area contributed by atoms with E-state index < -0.39 is 14.1 Å². The van der Waals surface area contributed by atoms with E-state index in [1.165, 1.54) is 12.1 Å². The zero-order valence-corrected chi connectivity index (χ0v) is 15.7. The Bertz CT molecular complexity index is 527. The fraction of sp³-hybridized carbons (Fsp3) is 0.500. The molecule has 2 nitrogen and oxygen atoms in total. The summed E-state index contributed by atoms with van der Waals surface area (Å²) in [7, 11) is -2.15. The smallest absolute Gasteiger partial charge is 0.250 e. The third-order valence-electron chi connectivity index (χ3n) is 3.62. The minimum Gasteiger partial charge on any atom is -0.543 e. The molecule has 0 spiro atoms. The van der Waals surface area contributed by atoms with Gasteiger partial charge < -0.3 is 4.43 Å². The Labute approximate surface area is 133 Å². The lowest BCUT2D eigenvalue weighted by atomic mass is 10.1. The minimum atomic E-state index is -2.15. The van der Waals surface area contributed by atoms with E-state index in [0.29, 0.717) is 5.56 Å². The van der Waals surface area contributed by atoms with Crippen molar-refractivity contribution in [3.8, 4) is 5.75 Å². The van der Waals surface area contributed by atoms with E-state index in [1.807, 2.05) is 13.1 Å². The Morgan fingerprint density at radius 2 is 1.95 bits per heavy atom. The van der Waals surface area contributed by atoms with Crippen molar-refractivity contribution < 1.29 is 13.6 Å². The molecule has 6 heteroatoms. The monoisotopic (exact) mass is 380 g/mol. The van der Waals surface area contributed by atoms with Crippen LogP contribution >= 0.6 is 27.5 Å². The number of alkyl halides is 1. The highest BCUT2D eigenvalue weighted by molar-refractivity contribution is 9.10. The van der Waals surface area contributed by atoms with Gasteiger partial charge in [-0.2, -0.15) is 0 Å². The number of ketones is 1. The molecule has 0 aliphatic rings. The standard InChI is InChI=1S/C14H19BrClFO2Si/c1-14(2,3)20(4,5)19-13-7-11(17)10(15)6-9(13)12(18)8-16/h6-7H,8H2,1-5H3. The summed E-state index contributed by atoms with van der Waals surface area (Å²) in [5.74, 6) is -0.611. The number of carbonyl (C=O) groups excluding carboxylic acids is 1. The number of hydrogen-bond donors (Lipinski definition) is 0. The fourth-order valence-electron chi connectivity index (χ4n) is 1.33. The number of Topliss-reactive ketones (excluding diaryl/α,β-unsaturated/α-hetero) is 1. The van der Waals surface area contributed by atoms with Crippen molar-refractivity contribution >= 4 is 41.6 Å². The minimum absolute atomic E-state index is 0.0438. The summed E-state index contributed by atoms with van der Waals surface area (Å²) < 4.78 is 20.0. The SMILES string of the molecule is CC(C)(C)[Si](C)(C)Oc1cc(F)c(Br)cc1C(=O)CCl. The molecule has 1 aromatic rings. The molecular formula is C14H19BrClFO2Si. The van der Waals surface area contributed by atoms with Gasteiger partial charge in [-0.1, -0.05) is 20.8 Å². The van der Waals surface area contributed by atoms with E-state index >= 15 is 0 Å². The molecule has 0 fully saturated rings. The number of hydrogen-bond acceptors (Lipinski definition) is 2. The molecule has 0 aliphatic heterocycles. The van der Waals surface area contributed by atoms with Crippen molar-refractivity contribution in [2.45, 2.75) is 38.9 Å². The molecule has 0 aliphatic carbocycles. The summed E-state index contributed by atoms with van der Waals surface area (Å²) in [5.41, 5.74) is 0.318.